The fourth-order valence-corrected chi connectivity index (χ4v) is 2.88. The summed E-state index contributed by atoms with van der Waals surface area (Å²) in [5.74, 6) is 0.712. The average molecular weight is 412 g/mol. The lowest BCUT2D eigenvalue weighted by atomic mass is 10.1. The van der Waals surface area contributed by atoms with Crippen molar-refractivity contribution in [2.75, 3.05) is 6.61 Å². The molecule has 0 saturated carbocycles. The van der Waals surface area contributed by atoms with E-state index in [0.29, 0.717) is 35.8 Å². The topological polar surface area (TPSA) is 128 Å². The van der Waals surface area contributed by atoms with Gasteiger partial charge in [0, 0.05) is 20.3 Å². The summed E-state index contributed by atoms with van der Waals surface area (Å²) in [6.07, 6.45) is 0.591. The number of benzene rings is 2. The summed E-state index contributed by atoms with van der Waals surface area (Å²) in [5.41, 5.74) is 2.84. The third-order valence-corrected chi connectivity index (χ3v) is 4.31. The Morgan fingerprint density at radius 3 is 2.37 bits per heavy atom. The lowest BCUT2D eigenvalue weighted by Gasteiger charge is -2.11. The Hall–Kier alpha value is -3.61. The molecular formula is C23H28N2O5+2. The van der Waals surface area contributed by atoms with Gasteiger partial charge in [-0.25, -0.2) is 0 Å². The molecule has 7 heteroatoms. The molecule has 2 aromatic rings. The maximum absolute atomic E-state index is 10.6. The number of carboxylic acids is 1. The number of hydrogen-bond acceptors (Lipinski definition) is 4. The van der Waals surface area contributed by atoms with Crippen molar-refractivity contribution in [3.05, 3.63) is 71.0 Å². The molecule has 0 radical (unpaired) electrons. The van der Waals surface area contributed by atoms with Crippen molar-refractivity contribution in [2.45, 2.75) is 33.3 Å². The first-order valence-electron chi connectivity index (χ1n) is 9.51. The van der Waals surface area contributed by atoms with Crippen LogP contribution in [0.15, 0.2) is 59.9 Å². The van der Waals surface area contributed by atoms with Gasteiger partial charge in [0.1, 0.15) is 24.7 Å². The molecule has 0 aliphatic heterocycles. The van der Waals surface area contributed by atoms with Crippen LogP contribution in [0.3, 0.4) is 0 Å². The predicted molar refractivity (Wildman–Crippen MR) is 115 cm³/mol. The highest BCUT2D eigenvalue weighted by molar-refractivity contribution is 6.21. The van der Waals surface area contributed by atoms with Crippen molar-refractivity contribution >= 4 is 17.4 Å². The van der Waals surface area contributed by atoms with Crippen LogP contribution in [-0.4, -0.2) is 34.2 Å². The number of hydrogen-bond donors (Lipinski definition) is 3. The molecule has 158 valence electrons. The molecule has 0 spiro atoms. The Kier molecular flexibility index (Phi) is 8.17. The lowest BCUT2D eigenvalue weighted by molar-refractivity contribution is -0.137. The van der Waals surface area contributed by atoms with E-state index >= 15 is 0 Å². The van der Waals surface area contributed by atoms with Crippen LogP contribution in [0.25, 0.3) is 0 Å². The summed E-state index contributed by atoms with van der Waals surface area (Å²) in [7, 11) is 0. The van der Waals surface area contributed by atoms with E-state index in [9.17, 15) is 4.79 Å². The Labute approximate surface area is 175 Å². The number of rotatable bonds is 11. The van der Waals surface area contributed by atoms with Crippen LogP contribution < -0.4 is 14.9 Å². The Balaban J connectivity index is 1.91. The second-order valence-corrected chi connectivity index (χ2v) is 6.92. The summed E-state index contributed by atoms with van der Waals surface area (Å²) in [5, 5.41) is 30.4. The summed E-state index contributed by atoms with van der Waals surface area (Å²) in [6, 6.07) is 14.8. The lowest BCUT2D eigenvalue weighted by Crippen LogP contribution is -2.41. The molecule has 0 fully saturated rings. The molecule has 0 atom stereocenters. The van der Waals surface area contributed by atoms with Gasteiger partial charge in [0.25, 0.3) is 0 Å². The molecule has 0 unspecified atom stereocenters. The van der Waals surface area contributed by atoms with E-state index in [2.05, 4.69) is 0 Å². The van der Waals surface area contributed by atoms with Gasteiger partial charge in [-0.15, -0.1) is 0 Å². The number of carboxylic acid groups (broad SMARTS) is 1. The quantitative estimate of drug-likeness (QED) is 0.296. The molecule has 0 aliphatic rings. The highest BCUT2D eigenvalue weighted by Gasteiger charge is 2.19. The van der Waals surface area contributed by atoms with E-state index in [1.165, 1.54) is 0 Å². The highest BCUT2D eigenvalue weighted by Crippen LogP contribution is 2.18. The summed E-state index contributed by atoms with van der Waals surface area (Å²) in [6.45, 7) is 3.62. The molecule has 2 aromatic carbocycles. The first-order chi connectivity index (χ1) is 14.3. The minimum Gasteiger partial charge on any atom is -0.596 e. The van der Waals surface area contributed by atoms with Crippen LogP contribution in [0.2, 0.25) is 0 Å². The van der Waals surface area contributed by atoms with Crippen molar-refractivity contribution in [1.82, 2.24) is 0 Å². The van der Waals surface area contributed by atoms with Crippen molar-refractivity contribution in [1.29, 1.82) is 5.41 Å². The second-order valence-electron chi connectivity index (χ2n) is 6.92. The van der Waals surface area contributed by atoms with E-state index in [-0.39, 0.29) is 24.5 Å². The molecule has 0 aliphatic carbocycles. The molecular weight excluding hydrogens is 384 g/mol. The number of allylic oxidation sites excluding steroid dienone is 1. The Bertz CT molecular complexity index is 944. The number of aryl methyl sites for hydroxylation is 1. The number of aliphatic carboxylic acids is 1. The summed E-state index contributed by atoms with van der Waals surface area (Å²) in [4.78, 5) is 10.6. The largest absolute Gasteiger partial charge is 0.596 e. The first-order valence-corrected chi connectivity index (χ1v) is 9.51. The van der Waals surface area contributed by atoms with E-state index in [4.69, 9.17) is 30.5 Å². The molecule has 0 bridgehead atoms. The number of nitrogens with one attached hydrogen (secondary N) is 1. The fraction of sp³-hybridized carbons (Fsp3) is 0.261. The molecule has 7 nitrogen and oxygen atoms in total. The van der Waals surface area contributed by atoms with Crippen LogP contribution in [0, 0.1) is 5.41 Å². The van der Waals surface area contributed by atoms with Crippen molar-refractivity contribution < 1.29 is 29.9 Å². The first kappa shape index (κ1) is 22.7. The Morgan fingerprint density at radius 2 is 1.77 bits per heavy atom. The number of nitrogens with two attached hydrogens (primary N) is 1. The molecule has 30 heavy (non-hydrogen) atoms. The molecule has 0 heterocycles. The normalized spacial score (nSPS) is 11.4. The highest BCUT2D eigenvalue weighted by atomic mass is 16.5. The van der Waals surface area contributed by atoms with Gasteiger partial charge in [0.05, 0.1) is 5.71 Å². The predicted octanol–water partition coefficient (Wildman–Crippen LogP) is 1.90. The van der Waals surface area contributed by atoms with Gasteiger partial charge in [-0.3, -0.25) is 10.2 Å². The zero-order chi connectivity index (χ0) is 22.1. The van der Waals surface area contributed by atoms with Crippen LogP contribution in [-0.2, 0) is 17.8 Å². The van der Waals surface area contributed by atoms with Gasteiger partial charge < -0.3 is 25.1 Å². The third kappa shape index (κ3) is 7.09. The van der Waals surface area contributed by atoms with Gasteiger partial charge in [-0.2, -0.15) is 0 Å². The van der Waals surface area contributed by atoms with Crippen molar-refractivity contribution in [3.8, 4) is 11.5 Å². The van der Waals surface area contributed by atoms with Gasteiger partial charge in [0.2, 0.25) is 5.76 Å². The zero-order valence-corrected chi connectivity index (χ0v) is 17.2. The maximum atomic E-state index is 10.6. The monoisotopic (exact) mass is 412 g/mol. The average Bonchev–Trinajstić information content (AvgIpc) is 2.69. The minimum absolute atomic E-state index is 0.0161. The molecule has 2 rings (SSSR count). The van der Waals surface area contributed by atoms with Crippen LogP contribution in [0.4, 0.5) is 0 Å². The van der Waals surface area contributed by atoms with Gasteiger partial charge in [0.15, 0.2) is 11.3 Å². The van der Waals surface area contributed by atoms with Gasteiger partial charge in [-0.1, -0.05) is 24.3 Å². The summed E-state index contributed by atoms with van der Waals surface area (Å²) >= 11 is 0. The van der Waals surface area contributed by atoms with E-state index in [1.54, 1.807) is 19.9 Å². The number of carbonyl (C=O) groups is 1. The van der Waals surface area contributed by atoms with E-state index in [1.807, 2.05) is 42.5 Å². The molecule has 0 amide bonds. The smallest absolute Gasteiger partial charge is 0.303 e. The standard InChI is InChI=1S/C23H26N2O5/c1-15(24)23(16(2)26)21(25)14-30-20-5-3-4-18(12-20)13-29-19-9-6-17(7-10-19)8-11-22(27)28/h3-7,9-10,12,24-26H,8,11,13-14H2,1-2H3,(H,27,28)/p+2/b23-16+,24-15?,25-21?. The number of ether oxygens (including phenoxy) is 2. The Morgan fingerprint density at radius 1 is 1.07 bits per heavy atom. The van der Waals surface area contributed by atoms with Crippen LogP contribution >= 0.6 is 0 Å². The SMILES string of the molecule is CC(=[NH2+])/C(C(=N)COc1cccc(COc2ccc(CCC(=O)O)cc2)c1)=C(/C)[OH2+]. The molecule has 6 N–H and O–H groups in total. The minimum atomic E-state index is -0.814. The van der Waals surface area contributed by atoms with E-state index in [0.717, 1.165) is 11.1 Å². The summed E-state index contributed by atoms with van der Waals surface area (Å²) < 4.78 is 11.5. The fourth-order valence-electron chi connectivity index (χ4n) is 2.88. The maximum Gasteiger partial charge on any atom is 0.303 e. The second kappa shape index (κ2) is 10.8. The molecule has 0 aromatic heterocycles. The van der Waals surface area contributed by atoms with Crippen molar-refractivity contribution in [2.24, 2.45) is 0 Å². The molecule has 0 saturated heterocycles. The van der Waals surface area contributed by atoms with Gasteiger partial charge in [-0.05, 0) is 41.8 Å². The van der Waals surface area contributed by atoms with Gasteiger partial charge >= 0.3 is 5.97 Å². The van der Waals surface area contributed by atoms with Crippen LogP contribution in [0.1, 0.15) is 31.4 Å². The van der Waals surface area contributed by atoms with Crippen molar-refractivity contribution in [3.63, 3.8) is 0 Å². The zero-order valence-electron chi connectivity index (χ0n) is 17.2. The van der Waals surface area contributed by atoms with E-state index < -0.39 is 5.97 Å². The van der Waals surface area contributed by atoms with Crippen LogP contribution in [0.5, 0.6) is 11.5 Å². The third-order valence-electron chi connectivity index (χ3n) is 4.31.